The van der Waals surface area contributed by atoms with Gasteiger partial charge in [0.2, 0.25) is 5.95 Å². The van der Waals surface area contributed by atoms with Crippen LogP contribution in [0.25, 0.3) is 0 Å². The molecule has 0 saturated carbocycles. The number of phenolic OH excluding ortho intramolecular Hbond substituents is 1. The lowest BCUT2D eigenvalue weighted by Gasteiger charge is -2.21. The van der Waals surface area contributed by atoms with E-state index < -0.39 is 35.1 Å². The summed E-state index contributed by atoms with van der Waals surface area (Å²) in [6.07, 6.45) is -4.10. The summed E-state index contributed by atoms with van der Waals surface area (Å²) >= 11 is 0. The van der Waals surface area contributed by atoms with Gasteiger partial charge in [0.25, 0.3) is 0 Å². The number of hydrogen-bond donors (Lipinski definition) is 4. The number of carbonyl (C=O) groups excluding carboxylic acids is 1. The number of phenols is 1. The highest BCUT2D eigenvalue weighted by atomic mass is 19.4. The predicted molar refractivity (Wildman–Crippen MR) is 114 cm³/mol. The summed E-state index contributed by atoms with van der Waals surface area (Å²) in [7, 11) is 0. The summed E-state index contributed by atoms with van der Waals surface area (Å²) in [4.78, 5) is 19.2. The van der Waals surface area contributed by atoms with Crippen molar-refractivity contribution in [2.45, 2.75) is 13.1 Å². The number of quaternary nitrogens is 1. The standard InChI is InChI=1S/C21H20F3N5O4/c1-2-33-18(31)12-29(32)15-7-3-5-13(9-15)27-20-25-11-17(21(22,23)24)19(28-20)26-14-6-4-8-16(30)10-14/h3-11,29-30H,2,12H2,1H3,(H2,25,26,27,28). The summed E-state index contributed by atoms with van der Waals surface area (Å²) in [5, 5.41) is 26.6. The first kappa shape index (κ1) is 23.8. The van der Waals surface area contributed by atoms with Gasteiger partial charge in [-0.05, 0) is 31.2 Å². The van der Waals surface area contributed by atoms with E-state index in [1.165, 1.54) is 42.5 Å². The number of esters is 1. The molecule has 0 aliphatic heterocycles. The highest BCUT2D eigenvalue weighted by Gasteiger charge is 2.35. The minimum Gasteiger partial charge on any atom is -0.628 e. The van der Waals surface area contributed by atoms with E-state index in [9.17, 15) is 28.3 Å². The first-order chi connectivity index (χ1) is 15.7. The number of carbonyl (C=O) groups is 1. The van der Waals surface area contributed by atoms with Crippen molar-refractivity contribution >= 4 is 34.8 Å². The lowest BCUT2D eigenvalue weighted by molar-refractivity contribution is -0.767. The highest BCUT2D eigenvalue weighted by molar-refractivity contribution is 5.71. The lowest BCUT2D eigenvalue weighted by atomic mass is 10.2. The Kier molecular flexibility index (Phi) is 7.30. The van der Waals surface area contributed by atoms with Crippen LogP contribution in [0.4, 0.5) is 42.0 Å². The molecule has 0 aliphatic rings. The van der Waals surface area contributed by atoms with E-state index in [4.69, 9.17) is 4.74 Å². The van der Waals surface area contributed by atoms with Crippen LogP contribution < -0.4 is 15.7 Å². The van der Waals surface area contributed by atoms with E-state index in [1.54, 1.807) is 13.0 Å². The molecule has 1 unspecified atom stereocenters. The van der Waals surface area contributed by atoms with Crippen molar-refractivity contribution in [1.29, 1.82) is 0 Å². The minimum atomic E-state index is -4.73. The SMILES string of the molecule is CCOC(=O)C[NH+]([O-])c1cccc(Nc2ncc(C(F)(F)F)c(Nc3cccc(O)c3)n2)c1. The van der Waals surface area contributed by atoms with Crippen LogP contribution >= 0.6 is 0 Å². The molecule has 1 aromatic heterocycles. The zero-order valence-electron chi connectivity index (χ0n) is 17.3. The van der Waals surface area contributed by atoms with Crippen LogP contribution in [-0.4, -0.2) is 34.2 Å². The summed E-state index contributed by atoms with van der Waals surface area (Å²) in [5.74, 6) is -1.49. The second kappa shape index (κ2) is 10.1. The number of aromatic nitrogens is 2. The molecule has 3 aromatic rings. The van der Waals surface area contributed by atoms with E-state index in [1.807, 2.05) is 0 Å². The molecule has 12 heteroatoms. The van der Waals surface area contributed by atoms with E-state index in [2.05, 4.69) is 20.6 Å². The molecule has 4 N–H and O–H groups in total. The van der Waals surface area contributed by atoms with Crippen molar-refractivity contribution in [3.63, 3.8) is 0 Å². The molecule has 174 valence electrons. The number of rotatable bonds is 8. The molecule has 9 nitrogen and oxygen atoms in total. The molecule has 3 rings (SSSR count). The van der Waals surface area contributed by atoms with Gasteiger partial charge in [0.05, 0.1) is 6.61 Å². The Hall–Kier alpha value is -3.90. The Morgan fingerprint density at radius 2 is 1.85 bits per heavy atom. The summed E-state index contributed by atoms with van der Waals surface area (Å²) in [6, 6.07) is 11.6. The van der Waals surface area contributed by atoms with Crippen molar-refractivity contribution in [3.05, 3.63) is 65.5 Å². The lowest BCUT2D eigenvalue weighted by Crippen LogP contribution is -3.03. The first-order valence-electron chi connectivity index (χ1n) is 9.72. The predicted octanol–water partition coefficient (Wildman–Crippen LogP) is 3.27. The zero-order chi connectivity index (χ0) is 24.0. The molecule has 2 aromatic carbocycles. The number of alkyl halides is 3. The fourth-order valence-corrected chi connectivity index (χ4v) is 2.81. The number of anilines is 4. The van der Waals surface area contributed by atoms with Crippen LogP contribution in [0.15, 0.2) is 54.7 Å². The van der Waals surface area contributed by atoms with E-state index in [-0.39, 0.29) is 29.7 Å². The molecule has 33 heavy (non-hydrogen) atoms. The fourth-order valence-electron chi connectivity index (χ4n) is 2.81. The molecule has 0 amide bonds. The van der Waals surface area contributed by atoms with E-state index >= 15 is 0 Å². The Balaban J connectivity index is 1.84. The normalized spacial score (nSPS) is 12.2. The van der Waals surface area contributed by atoms with Gasteiger partial charge in [-0.1, -0.05) is 12.1 Å². The van der Waals surface area contributed by atoms with Crippen molar-refractivity contribution in [3.8, 4) is 5.75 Å². The topological polar surface area (TPSA) is 124 Å². The number of nitrogens with one attached hydrogen (secondary N) is 3. The molecule has 1 atom stereocenters. The van der Waals surface area contributed by atoms with Crippen molar-refractivity contribution in [2.75, 3.05) is 23.8 Å². The molecule has 0 radical (unpaired) electrons. The van der Waals surface area contributed by atoms with E-state index in [0.29, 0.717) is 11.9 Å². The smallest absolute Gasteiger partial charge is 0.421 e. The van der Waals surface area contributed by atoms with Gasteiger partial charge in [-0.2, -0.15) is 18.2 Å². The number of ether oxygens (including phenoxy) is 1. The average molecular weight is 463 g/mol. The quantitative estimate of drug-likeness (QED) is 0.297. The first-order valence-corrected chi connectivity index (χ1v) is 9.72. The van der Waals surface area contributed by atoms with Gasteiger partial charge in [-0.3, -0.25) is 0 Å². The summed E-state index contributed by atoms with van der Waals surface area (Å²) in [6.45, 7) is 1.34. The largest absolute Gasteiger partial charge is 0.628 e. The fraction of sp³-hybridized carbons (Fsp3) is 0.190. The molecule has 0 bridgehead atoms. The van der Waals surface area contributed by atoms with Crippen LogP contribution in [0.2, 0.25) is 0 Å². The second-order valence-corrected chi connectivity index (χ2v) is 6.74. The number of nitrogens with zero attached hydrogens (tertiary/aromatic N) is 2. The van der Waals surface area contributed by atoms with Crippen LogP contribution in [-0.2, 0) is 15.7 Å². The zero-order valence-corrected chi connectivity index (χ0v) is 17.3. The van der Waals surface area contributed by atoms with Crippen molar-refractivity contribution < 1.29 is 32.9 Å². The van der Waals surface area contributed by atoms with Crippen LogP contribution in [0, 0.1) is 5.21 Å². The molecule has 0 spiro atoms. The van der Waals surface area contributed by atoms with Gasteiger partial charge in [-0.15, -0.1) is 0 Å². The molecule has 1 heterocycles. The highest BCUT2D eigenvalue weighted by Crippen LogP contribution is 2.35. The van der Waals surface area contributed by atoms with Crippen LogP contribution in [0.5, 0.6) is 5.75 Å². The third kappa shape index (κ3) is 6.54. The van der Waals surface area contributed by atoms with Crippen molar-refractivity contribution in [2.24, 2.45) is 0 Å². The number of hydroxylamine groups is 1. The molecule has 0 saturated heterocycles. The number of hydrogen-bond acceptors (Lipinski definition) is 8. The maximum absolute atomic E-state index is 13.4. The second-order valence-electron chi connectivity index (χ2n) is 6.74. The van der Waals surface area contributed by atoms with Crippen LogP contribution in [0.3, 0.4) is 0 Å². The van der Waals surface area contributed by atoms with Gasteiger partial charge in [0.1, 0.15) is 22.8 Å². The third-order valence-corrected chi connectivity index (χ3v) is 4.25. The Morgan fingerprint density at radius 3 is 2.52 bits per heavy atom. The minimum absolute atomic E-state index is 0.134. The summed E-state index contributed by atoms with van der Waals surface area (Å²) < 4.78 is 45.0. The molecule has 0 fully saturated rings. The summed E-state index contributed by atoms with van der Waals surface area (Å²) in [5.41, 5.74) is -0.377. The monoisotopic (exact) mass is 463 g/mol. The number of aromatic hydroxyl groups is 1. The van der Waals surface area contributed by atoms with E-state index in [0.717, 1.165) is 0 Å². The van der Waals surface area contributed by atoms with Gasteiger partial charge >= 0.3 is 12.1 Å². The molecular formula is C21H20F3N5O4. The third-order valence-electron chi connectivity index (χ3n) is 4.25. The Labute approximate surface area is 186 Å². The van der Waals surface area contributed by atoms with Crippen LogP contribution in [0.1, 0.15) is 12.5 Å². The number of benzene rings is 2. The van der Waals surface area contributed by atoms with Crippen molar-refractivity contribution in [1.82, 2.24) is 9.97 Å². The Bertz CT molecular complexity index is 1130. The van der Waals surface area contributed by atoms with Gasteiger partial charge < -0.3 is 30.7 Å². The maximum atomic E-state index is 13.4. The average Bonchev–Trinajstić information content (AvgIpc) is 2.73. The molecular weight excluding hydrogens is 443 g/mol. The Morgan fingerprint density at radius 1 is 1.15 bits per heavy atom. The van der Waals surface area contributed by atoms with Gasteiger partial charge in [0, 0.05) is 29.7 Å². The molecule has 0 aliphatic carbocycles. The van der Waals surface area contributed by atoms with Gasteiger partial charge in [0.15, 0.2) is 6.54 Å². The maximum Gasteiger partial charge on any atom is 0.421 e. The van der Waals surface area contributed by atoms with Gasteiger partial charge in [-0.25, -0.2) is 9.78 Å². The number of halogens is 3.